The molecule has 0 aliphatic carbocycles. The van der Waals surface area contributed by atoms with E-state index in [-0.39, 0.29) is 0 Å². The van der Waals surface area contributed by atoms with Gasteiger partial charge in [-0.3, -0.25) is 0 Å². The second kappa shape index (κ2) is 8.82. The van der Waals surface area contributed by atoms with Crippen LogP contribution in [0.25, 0.3) is 0 Å². The van der Waals surface area contributed by atoms with Crippen molar-refractivity contribution in [3.05, 3.63) is 24.3 Å². The molecule has 2 N–H and O–H groups in total. The number of hydrogen-bond donors (Lipinski definition) is 2. The topological polar surface area (TPSA) is 47.7 Å². The van der Waals surface area contributed by atoms with Crippen LogP contribution in [0.4, 0.5) is 0 Å². The van der Waals surface area contributed by atoms with Crippen LogP contribution in [0.3, 0.4) is 0 Å². The summed E-state index contributed by atoms with van der Waals surface area (Å²) >= 11 is 0. The molecule has 0 rings (SSSR count). The molecule has 0 spiro atoms. The average molecular weight is 152 g/mol. The first-order chi connectivity index (χ1) is 5.18. The molecule has 0 aromatic heterocycles. The summed E-state index contributed by atoms with van der Waals surface area (Å²) in [6.45, 7) is 9.24. The van der Waals surface area contributed by atoms with E-state index in [2.05, 4.69) is 6.58 Å². The summed E-state index contributed by atoms with van der Waals surface area (Å²) in [5.74, 6) is 0. The van der Waals surface area contributed by atoms with Gasteiger partial charge < -0.3 is 10.8 Å². The SMILES string of the molecule is C=C(/C=C\C=N)C(C)=N.CC. The van der Waals surface area contributed by atoms with Crippen molar-refractivity contribution < 1.29 is 0 Å². The van der Waals surface area contributed by atoms with Crippen LogP contribution in [0.15, 0.2) is 24.3 Å². The van der Waals surface area contributed by atoms with Crippen LogP contribution >= 0.6 is 0 Å². The van der Waals surface area contributed by atoms with Gasteiger partial charge in [0.1, 0.15) is 0 Å². The van der Waals surface area contributed by atoms with E-state index in [1.807, 2.05) is 13.8 Å². The number of allylic oxidation sites excluding steroid dienone is 3. The van der Waals surface area contributed by atoms with Gasteiger partial charge in [-0.25, -0.2) is 0 Å². The van der Waals surface area contributed by atoms with E-state index in [0.29, 0.717) is 11.3 Å². The van der Waals surface area contributed by atoms with Gasteiger partial charge in [-0.2, -0.15) is 0 Å². The highest BCUT2D eigenvalue weighted by atomic mass is 14.4. The second-order valence-electron chi connectivity index (χ2n) is 1.68. The zero-order chi connectivity index (χ0) is 9.28. The van der Waals surface area contributed by atoms with Gasteiger partial charge in [-0.05, 0) is 18.6 Å². The third-order valence-electron chi connectivity index (χ3n) is 0.875. The normalized spacial score (nSPS) is 8.27. The Hall–Kier alpha value is -1.18. The smallest absolute Gasteiger partial charge is 0.0349 e. The lowest BCUT2D eigenvalue weighted by Gasteiger charge is -1.90. The summed E-state index contributed by atoms with van der Waals surface area (Å²) in [4.78, 5) is 0. The van der Waals surface area contributed by atoms with Crippen molar-refractivity contribution in [2.24, 2.45) is 0 Å². The van der Waals surface area contributed by atoms with Gasteiger partial charge in [0.2, 0.25) is 0 Å². The molecule has 0 aliphatic heterocycles. The van der Waals surface area contributed by atoms with Gasteiger partial charge in [-0.1, -0.05) is 26.5 Å². The summed E-state index contributed by atoms with van der Waals surface area (Å²) in [7, 11) is 0. The van der Waals surface area contributed by atoms with E-state index < -0.39 is 0 Å². The maximum absolute atomic E-state index is 7.05. The van der Waals surface area contributed by atoms with Crippen LogP contribution in [-0.4, -0.2) is 11.9 Å². The molecule has 0 aliphatic rings. The van der Waals surface area contributed by atoms with Crippen LogP contribution in [0.5, 0.6) is 0 Å². The number of hydrogen-bond acceptors (Lipinski definition) is 2. The van der Waals surface area contributed by atoms with E-state index in [1.165, 1.54) is 0 Å². The van der Waals surface area contributed by atoms with E-state index in [4.69, 9.17) is 10.8 Å². The molecule has 0 saturated carbocycles. The molecule has 0 saturated heterocycles. The fourth-order valence-electron chi connectivity index (χ4n) is 0.289. The van der Waals surface area contributed by atoms with Gasteiger partial charge in [0.25, 0.3) is 0 Å². The molecule has 11 heavy (non-hydrogen) atoms. The minimum atomic E-state index is 0.438. The van der Waals surface area contributed by atoms with E-state index in [1.54, 1.807) is 19.1 Å². The lowest BCUT2D eigenvalue weighted by molar-refractivity contribution is 1.47. The van der Waals surface area contributed by atoms with Crippen LogP contribution in [0.1, 0.15) is 20.8 Å². The molecule has 0 fully saturated rings. The second-order valence-corrected chi connectivity index (χ2v) is 1.68. The third-order valence-corrected chi connectivity index (χ3v) is 0.875. The zero-order valence-corrected chi connectivity index (χ0v) is 7.44. The van der Waals surface area contributed by atoms with Crippen molar-refractivity contribution >= 4 is 11.9 Å². The van der Waals surface area contributed by atoms with Gasteiger partial charge in [0.05, 0.1) is 0 Å². The molecule has 0 atom stereocenters. The fourth-order valence-corrected chi connectivity index (χ4v) is 0.289. The number of nitrogens with one attached hydrogen (secondary N) is 2. The highest BCUT2D eigenvalue weighted by molar-refractivity contribution is 5.98. The largest absolute Gasteiger partial charge is 0.309 e. The van der Waals surface area contributed by atoms with Crippen molar-refractivity contribution in [2.45, 2.75) is 20.8 Å². The lowest BCUT2D eigenvalue weighted by atomic mass is 10.2. The zero-order valence-electron chi connectivity index (χ0n) is 7.44. The Balaban J connectivity index is 0. The molecule has 0 heterocycles. The molecule has 0 bridgehead atoms. The Morgan fingerprint density at radius 2 is 1.82 bits per heavy atom. The van der Waals surface area contributed by atoms with E-state index in [9.17, 15) is 0 Å². The quantitative estimate of drug-likeness (QED) is 0.461. The number of rotatable bonds is 3. The van der Waals surface area contributed by atoms with Crippen LogP contribution in [0, 0.1) is 10.8 Å². The van der Waals surface area contributed by atoms with Gasteiger partial charge in [0, 0.05) is 11.9 Å². The van der Waals surface area contributed by atoms with E-state index >= 15 is 0 Å². The fraction of sp³-hybridized carbons (Fsp3) is 0.333. The van der Waals surface area contributed by atoms with Crippen molar-refractivity contribution in [3.63, 3.8) is 0 Å². The van der Waals surface area contributed by atoms with Gasteiger partial charge in [0.15, 0.2) is 0 Å². The summed E-state index contributed by atoms with van der Waals surface area (Å²) in [5.41, 5.74) is 1.09. The Bertz CT molecular complexity index is 166. The lowest BCUT2D eigenvalue weighted by Crippen LogP contribution is -1.88. The Kier molecular flexibility index (Phi) is 10.0. The molecule has 0 aromatic rings. The predicted molar refractivity (Wildman–Crippen MR) is 51.8 cm³/mol. The van der Waals surface area contributed by atoms with Crippen LogP contribution in [-0.2, 0) is 0 Å². The van der Waals surface area contributed by atoms with Crippen molar-refractivity contribution in [1.29, 1.82) is 10.8 Å². The monoisotopic (exact) mass is 152 g/mol. The molecule has 0 radical (unpaired) electrons. The minimum absolute atomic E-state index is 0.438. The van der Waals surface area contributed by atoms with E-state index in [0.717, 1.165) is 6.21 Å². The molecule has 0 amide bonds. The van der Waals surface area contributed by atoms with Crippen LogP contribution < -0.4 is 0 Å². The molecule has 0 unspecified atom stereocenters. The van der Waals surface area contributed by atoms with Crippen molar-refractivity contribution in [1.82, 2.24) is 0 Å². The molecular weight excluding hydrogens is 136 g/mol. The Morgan fingerprint density at radius 1 is 1.36 bits per heavy atom. The third kappa shape index (κ3) is 8.82. The average Bonchev–Trinajstić information content (AvgIpc) is 2.03. The summed E-state index contributed by atoms with van der Waals surface area (Å²) in [6.07, 6.45) is 4.34. The summed E-state index contributed by atoms with van der Waals surface area (Å²) in [5, 5.41) is 13.7. The minimum Gasteiger partial charge on any atom is -0.309 e. The van der Waals surface area contributed by atoms with Crippen molar-refractivity contribution in [3.8, 4) is 0 Å². The first-order valence-electron chi connectivity index (χ1n) is 3.60. The molecule has 2 nitrogen and oxygen atoms in total. The van der Waals surface area contributed by atoms with Gasteiger partial charge >= 0.3 is 0 Å². The van der Waals surface area contributed by atoms with Crippen LogP contribution in [0.2, 0.25) is 0 Å². The Labute approximate surface area is 68.7 Å². The highest BCUT2D eigenvalue weighted by Gasteiger charge is 1.86. The summed E-state index contributed by atoms with van der Waals surface area (Å²) in [6, 6.07) is 0. The Morgan fingerprint density at radius 3 is 2.09 bits per heavy atom. The maximum atomic E-state index is 7.05. The molecule has 2 heteroatoms. The predicted octanol–water partition coefficient (Wildman–Crippen LogP) is 2.81. The van der Waals surface area contributed by atoms with Crippen molar-refractivity contribution in [2.75, 3.05) is 0 Å². The first kappa shape index (κ1) is 12.5. The summed E-state index contributed by atoms with van der Waals surface area (Å²) < 4.78 is 0. The van der Waals surface area contributed by atoms with Gasteiger partial charge in [-0.15, -0.1) is 0 Å². The standard InChI is InChI=1S/C7H10N2.C2H6/c1-6(7(2)9)4-3-5-8;1-2/h3-5,8-9H,1H2,2H3;1-2H3/b4-3-,8-5?,9-7?;. The molecule has 62 valence electrons. The molecule has 0 aromatic carbocycles. The highest BCUT2D eigenvalue weighted by Crippen LogP contribution is 1.92. The first-order valence-corrected chi connectivity index (χ1v) is 3.60. The maximum Gasteiger partial charge on any atom is 0.0349 e. The molecular formula is C9H16N2.